The fourth-order valence-corrected chi connectivity index (χ4v) is 6.89. The number of amides is 2. The van der Waals surface area contributed by atoms with Gasteiger partial charge in [0.2, 0.25) is 0 Å². The quantitative estimate of drug-likeness (QED) is 0.305. The van der Waals surface area contributed by atoms with Gasteiger partial charge in [-0.25, -0.2) is 23.2 Å². The van der Waals surface area contributed by atoms with Crippen molar-refractivity contribution in [2.24, 2.45) is 5.92 Å². The molecule has 13 heteroatoms. The molecule has 1 aromatic heterocycles. The highest BCUT2D eigenvalue weighted by Crippen LogP contribution is 2.33. The smallest absolute Gasteiger partial charge is 0.407 e. The van der Waals surface area contributed by atoms with Gasteiger partial charge in [0.05, 0.1) is 33.8 Å². The minimum atomic E-state index is -3.67. The maximum absolute atomic E-state index is 13.6. The second-order valence-corrected chi connectivity index (χ2v) is 15.9. The van der Waals surface area contributed by atoms with Gasteiger partial charge in [-0.05, 0) is 78.0 Å². The summed E-state index contributed by atoms with van der Waals surface area (Å²) < 4.78 is 43.6. The molecule has 1 unspecified atom stereocenters. The van der Waals surface area contributed by atoms with Gasteiger partial charge < -0.3 is 30.6 Å². The van der Waals surface area contributed by atoms with Crippen LogP contribution in [-0.2, 0) is 25.9 Å². The average molecular weight is 668 g/mol. The molecule has 1 atom stereocenters. The molecule has 3 aromatic rings. The minimum Gasteiger partial charge on any atom is -0.491 e. The third-order valence-electron chi connectivity index (χ3n) is 7.54. The molecule has 47 heavy (non-hydrogen) atoms. The van der Waals surface area contributed by atoms with E-state index in [-0.39, 0.29) is 28.9 Å². The van der Waals surface area contributed by atoms with Crippen LogP contribution in [0, 0.1) is 5.92 Å². The molecular weight excluding hydrogens is 622 g/mol. The zero-order valence-electron chi connectivity index (χ0n) is 27.9. The van der Waals surface area contributed by atoms with Gasteiger partial charge in [-0.15, -0.1) is 0 Å². The molecule has 3 heterocycles. The number of fused-ring (bicyclic) bond motifs is 13. The fraction of sp³-hybridized carbons (Fsp3) is 0.471. The lowest BCUT2D eigenvalue weighted by Crippen LogP contribution is -2.34. The summed E-state index contributed by atoms with van der Waals surface area (Å²) in [5.74, 6) is -0.312. The van der Waals surface area contributed by atoms with Crippen LogP contribution in [0.25, 0.3) is 11.3 Å². The van der Waals surface area contributed by atoms with Crippen molar-refractivity contribution in [1.82, 2.24) is 15.3 Å². The maximum Gasteiger partial charge on any atom is 0.407 e. The SMILES string of the molecule is CC1COCCCCOc2c(CNC(=O)OC(C)(C)C)cccc2NC(=O)c2nc(cnc2N)-c2ccc(cc2)S(=O)(=O)C(C)(C)C1. The van der Waals surface area contributed by atoms with Crippen molar-refractivity contribution < 1.29 is 32.2 Å². The molecule has 12 nitrogen and oxygen atoms in total. The number of benzene rings is 2. The first-order valence-electron chi connectivity index (χ1n) is 15.7. The second-order valence-electron chi connectivity index (χ2n) is 13.3. The molecule has 4 bridgehead atoms. The Balaban J connectivity index is 1.68. The standard InChI is InChI=1S/C34H45N5O7S/c1-22-18-34(5,6)47(42,43)25-14-12-23(13-15-25)27-20-36-30(35)28(38-27)31(40)39-26-11-9-10-24(19-37-32(41)46-33(2,3)4)29(26)45-17-8-7-16-44-21-22/h9-15,20,22H,7-8,16-19,21H2,1-6H3,(H2,35,36)(H,37,41)(H,39,40). The molecule has 0 saturated heterocycles. The minimum absolute atomic E-state index is 0.00662. The molecular formula is C34H45N5O7S. The highest BCUT2D eigenvalue weighted by Gasteiger charge is 2.37. The number of nitrogen functional groups attached to an aromatic ring is 1. The van der Waals surface area contributed by atoms with Crippen molar-refractivity contribution in [3.05, 3.63) is 59.9 Å². The lowest BCUT2D eigenvalue weighted by Gasteiger charge is -2.28. The highest BCUT2D eigenvalue weighted by molar-refractivity contribution is 7.92. The van der Waals surface area contributed by atoms with E-state index in [2.05, 4.69) is 20.6 Å². The van der Waals surface area contributed by atoms with Crippen LogP contribution in [0.1, 0.15) is 76.9 Å². The maximum atomic E-state index is 13.6. The van der Waals surface area contributed by atoms with Crippen LogP contribution in [0.5, 0.6) is 5.75 Å². The molecule has 0 saturated carbocycles. The third-order valence-corrected chi connectivity index (χ3v) is 10.1. The Morgan fingerprint density at radius 3 is 2.53 bits per heavy atom. The summed E-state index contributed by atoms with van der Waals surface area (Å²) in [5.41, 5.74) is 7.19. The van der Waals surface area contributed by atoms with E-state index in [4.69, 9.17) is 19.9 Å². The van der Waals surface area contributed by atoms with Gasteiger partial charge in [0.1, 0.15) is 11.4 Å². The number of rotatable bonds is 2. The molecule has 2 aliphatic heterocycles. The normalized spacial score (nSPS) is 18.8. The van der Waals surface area contributed by atoms with Crippen molar-refractivity contribution in [3.63, 3.8) is 0 Å². The van der Waals surface area contributed by atoms with Gasteiger partial charge in [0, 0.05) is 30.9 Å². The largest absolute Gasteiger partial charge is 0.491 e. The average Bonchev–Trinajstić information content (AvgIpc) is 2.99. The van der Waals surface area contributed by atoms with E-state index in [9.17, 15) is 18.0 Å². The summed E-state index contributed by atoms with van der Waals surface area (Å²) in [5, 5.41) is 5.58. The van der Waals surface area contributed by atoms with Gasteiger partial charge in [0.15, 0.2) is 21.3 Å². The Morgan fingerprint density at radius 1 is 1.13 bits per heavy atom. The van der Waals surface area contributed by atoms with Crippen LogP contribution in [-0.4, -0.2) is 60.6 Å². The fourth-order valence-electron chi connectivity index (χ4n) is 5.26. The summed E-state index contributed by atoms with van der Waals surface area (Å²) in [6, 6.07) is 11.6. The van der Waals surface area contributed by atoms with E-state index >= 15 is 0 Å². The Hall–Kier alpha value is -4.23. The molecule has 0 radical (unpaired) electrons. The number of sulfone groups is 1. The van der Waals surface area contributed by atoms with Crippen LogP contribution < -0.4 is 21.1 Å². The number of carbonyl (C=O) groups is 2. The van der Waals surface area contributed by atoms with Crippen LogP contribution in [0.15, 0.2) is 53.6 Å². The number of carbonyl (C=O) groups excluding carboxylic acids is 2. The first-order chi connectivity index (χ1) is 22.1. The van der Waals surface area contributed by atoms with Crippen molar-refractivity contribution >= 4 is 33.3 Å². The Labute approximate surface area is 276 Å². The number of nitrogens with two attached hydrogens (primary N) is 1. The molecule has 2 amide bonds. The Kier molecular flexibility index (Phi) is 11.1. The monoisotopic (exact) mass is 667 g/mol. The number of aromatic nitrogens is 2. The molecule has 0 aliphatic carbocycles. The van der Waals surface area contributed by atoms with E-state index in [1.165, 1.54) is 18.3 Å². The van der Waals surface area contributed by atoms with E-state index in [0.29, 0.717) is 67.3 Å². The van der Waals surface area contributed by atoms with E-state index in [1.807, 2.05) is 6.92 Å². The van der Waals surface area contributed by atoms with Crippen molar-refractivity contribution in [3.8, 4) is 17.0 Å². The summed E-state index contributed by atoms with van der Waals surface area (Å²) in [6.45, 7) is 12.1. The molecule has 254 valence electrons. The lowest BCUT2D eigenvalue weighted by atomic mass is 9.99. The molecule has 2 aliphatic rings. The number of nitrogens with one attached hydrogen (secondary N) is 2. The third kappa shape index (κ3) is 9.19. The van der Waals surface area contributed by atoms with Crippen molar-refractivity contribution in [2.75, 3.05) is 30.9 Å². The van der Waals surface area contributed by atoms with Crippen LogP contribution in [0.4, 0.5) is 16.3 Å². The molecule has 0 spiro atoms. The second kappa shape index (κ2) is 14.7. The van der Waals surface area contributed by atoms with Crippen LogP contribution in [0.2, 0.25) is 0 Å². The Bertz CT molecular complexity index is 1690. The van der Waals surface area contributed by atoms with Gasteiger partial charge in [0.25, 0.3) is 5.91 Å². The predicted molar refractivity (Wildman–Crippen MR) is 180 cm³/mol. The lowest BCUT2D eigenvalue weighted by molar-refractivity contribution is 0.0523. The first kappa shape index (κ1) is 35.6. The number of para-hydroxylation sites is 1. The molecule has 5 rings (SSSR count). The predicted octanol–water partition coefficient (Wildman–Crippen LogP) is 5.77. The zero-order chi connectivity index (χ0) is 34.4. The van der Waals surface area contributed by atoms with Gasteiger partial charge >= 0.3 is 6.09 Å². The summed E-state index contributed by atoms with van der Waals surface area (Å²) in [4.78, 5) is 34.8. The highest BCUT2D eigenvalue weighted by atomic mass is 32.2. The molecule has 0 fully saturated rings. The number of alkyl carbamates (subject to hydrolysis) is 1. The van der Waals surface area contributed by atoms with Crippen LogP contribution in [0.3, 0.4) is 0 Å². The molecule has 4 N–H and O–H groups in total. The van der Waals surface area contributed by atoms with Crippen molar-refractivity contribution in [2.45, 2.75) is 82.6 Å². The topological polar surface area (TPSA) is 172 Å². The summed E-state index contributed by atoms with van der Waals surface area (Å²) in [7, 11) is -3.67. The van der Waals surface area contributed by atoms with Crippen molar-refractivity contribution in [1.29, 1.82) is 0 Å². The summed E-state index contributed by atoms with van der Waals surface area (Å²) in [6.07, 6.45) is 2.60. The number of ether oxygens (including phenoxy) is 3. The molecule has 2 aromatic carbocycles. The van der Waals surface area contributed by atoms with E-state index in [0.717, 1.165) is 0 Å². The van der Waals surface area contributed by atoms with E-state index < -0.39 is 32.2 Å². The summed E-state index contributed by atoms with van der Waals surface area (Å²) >= 11 is 0. The zero-order valence-corrected chi connectivity index (χ0v) is 28.7. The van der Waals surface area contributed by atoms with Gasteiger partial charge in [-0.1, -0.05) is 31.2 Å². The van der Waals surface area contributed by atoms with Crippen LogP contribution >= 0.6 is 0 Å². The first-order valence-corrected chi connectivity index (χ1v) is 17.1. The number of nitrogens with zero attached hydrogens (tertiary/aromatic N) is 2. The van der Waals surface area contributed by atoms with Gasteiger partial charge in [-0.2, -0.15) is 0 Å². The number of hydrogen-bond donors (Lipinski definition) is 3. The van der Waals surface area contributed by atoms with E-state index in [1.54, 1.807) is 65.0 Å². The number of anilines is 2. The number of hydrogen-bond acceptors (Lipinski definition) is 10. The van der Waals surface area contributed by atoms with Gasteiger partial charge in [-0.3, -0.25) is 4.79 Å². The Morgan fingerprint density at radius 2 is 1.83 bits per heavy atom.